The Hall–Kier alpha value is -2.99. The molecule has 154 valence electrons. The monoisotopic (exact) mass is 402 g/mol. The van der Waals surface area contributed by atoms with E-state index in [-0.39, 0.29) is 5.97 Å². The summed E-state index contributed by atoms with van der Waals surface area (Å²) in [5.74, 6) is 2.49. The third kappa shape index (κ3) is 3.75. The molecule has 30 heavy (non-hydrogen) atoms. The van der Waals surface area contributed by atoms with Crippen LogP contribution in [0.4, 0.5) is 5.95 Å². The van der Waals surface area contributed by atoms with Crippen LogP contribution in [0.25, 0.3) is 10.8 Å². The van der Waals surface area contributed by atoms with E-state index >= 15 is 0 Å². The van der Waals surface area contributed by atoms with Gasteiger partial charge in [0.15, 0.2) is 0 Å². The highest BCUT2D eigenvalue weighted by atomic mass is 16.5. The van der Waals surface area contributed by atoms with Crippen molar-refractivity contribution in [2.75, 3.05) is 31.1 Å². The highest BCUT2D eigenvalue weighted by Crippen LogP contribution is 2.51. The second-order valence-electron chi connectivity index (χ2n) is 8.20. The second kappa shape index (κ2) is 8.03. The molecule has 5 rings (SSSR count). The average molecular weight is 402 g/mol. The number of esters is 1. The zero-order valence-electron chi connectivity index (χ0n) is 17.1. The lowest BCUT2D eigenvalue weighted by molar-refractivity contribution is 0.0525. The van der Waals surface area contributed by atoms with Gasteiger partial charge in [0.05, 0.1) is 12.2 Å². The van der Waals surface area contributed by atoms with Crippen LogP contribution in [0.2, 0.25) is 0 Å². The summed E-state index contributed by atoms with van der Waals surface area (Å²) in [4.78, 5) is 22.7. The Balaban J connectivity index is 1.09. The Morgan fingerprint density at radius 3 is 2.57 bits per heavy atom. The van der Waals surface area contributed by atoms with E-state index in [0.29, 0.717) is 30.0 Å². The first-order valence-electron chi connectivity index (χ1n) is 10.7. The normalized spacial score (nSPS) is 22.2. The first-order chi connectivity index (χ1) is 14.7. The first kappa shape index (κ1) is 19.0. The molecule has 0 amide bonds. The fraction of sp³-hybridized carbons (Fsp3) is 0.375. The van der Waals surface area contributed by atoms with Crippen molar-refractivity contribution in [3.63, 3.8) is 0 Å². The fourth-order valence-electron chi connectivity index (χ4n) is 4.65. The summed E-state index contributed by atoms with van der Waals surface area (Å²) >= 11 is 0. The minimum Gasteiger partial charge on any atom is -0.462 e. The summed E-state index contributed by atoms with van der Waals surface area (Å²) in [5.41, 5.74) is 1.73. The standard InChI is InChI=1S/C24H26N4O2/c1-2-30-23(29)19-11-26-24(27-12-19)28-14-21-20(22(21)15-28)13-25-10-16-7-8-17-5-3-4-6-18(17)9-16/h3-9,11-12,20-22,25H,2,10,13-15H2,1H3. The molecule has 1 aliphatic carbocycles. The van der Waals surface area contributed by atoms with Gasteiger partial charge >= 0.3 is 5.97 Å². The van der Waals surface area contributed by atoms with Gasteiger partial charge in [-0.3, -0.25) is 0 Å². The molecule has 2 heterocycles. The predicted octanol–water partition coefficient (Wildman–Crippen LogP) is 3.28. The molecule has 0 bridgehead atoms. The van der Waals surface area contributed by atoms with Crippen LogP contribution < -0.4 is 10.2 Å². The first-order valence-corrected chi connectivity index (χ1v) is 10.7. The molecule has 0 spiro atoms. The van der Waals surface area contributed by atoms with E-state index in [2.05, 4.69) is 62.6 Å². The second-order valence-corrected chi connectivity index (χ2v) is 8.20. The van der Waals surface area contributed by atoms with Crippen LogP contribution >= 0.6 is 0 Å². The van der Waals surface area contributed by atoms with Crippen molar-refractivity contribution < 1.29 is 9.53 Å². The summed E-state index contributed by atoms with van der Waals surface area (Å²) in [6.45, 7) is 6.09. The number of carbonyl (C=O) groups is 1. The Morgan fingerprint density at radius 2 is 1.83 bits per heavy atom. The Kier molecular flexibility index (Phi) is 5.09. The maximum Gasteiger partial charge on any atom is 0.341 e. The van der Waals surface area contributed by atoms with Gasteiger partial charge in [0.25, 0.3) is 0 Å². The molecule has 3 aromatic rings. The maximum atomic E-state index is 11.7. The lowest BCUT2D eigenvalue weighted by atomic mass is 10.1. The van der Waals surface area contributed by atoms with Gasteiger partial charge in [-0.1, -0.05) is 36.4 Å². The van der Waals surface area contributed by atoms with Crippen LogP contribution in [-0.4, -0.2) is 42.2 Å². The van der Waals surface area contributed by atoms with Gasteiger partial charge in [-0.25, -0.2) is 14.8 Å². The summed E-state index contributed by atoms with van der Waals surface area (Å²) in [7, 11) is 0. The smallest absolute Gasteiger partial charge is 0.341 e. The predicted molar refractivity (Wildman–Crippen MR) is 116 cm³/mol. The van der Waals surface area contributed by atoms with Crippen molar-refractivity contribution in [2.45, 2.75) is 13.5 Å². The lowest BCUT2D eigenvalue weighted by Crippen LogP contribution is -2.29. The molecule has 2 aromatic carbocycles. The largest absolute Gasteiger partial charge is 0.462 e. The van der Waals surface area contributed by atoms with Crippen molar-refractivity contribution >= 4 is 22.7 Å². The maximum absolute atomic E-state index is 11.7. The molecule has 2 aliphatic rings. The number of nitrogens with zero attached hydrogens (tertiary/aromatic N) is 3. The van der Waals surface area contributed by atoms with E-state index in [1.807, 2.05) is 0 Å². The van der Waals surface area contributed by atoms with Crippen molar-refractivity contribution in [3.05, 3.63) is 66.0 Å². The number of fused-ring (bicyclic) bond motifs is 2. The van der Waals surface area contributed by atoms with E-state index in [1.54, 1.807) is 19.3 Å². The zero-order chi connectivity index (χ0) is 20.5. The molecule has 6 nitrogen and oxygen atoms in total. The number of hydrogen-bond donors (Lipinski definition) is 1. The topological polar surface area (TPSA) is 67.3 Å². The van der Waals surface area contributed by atoms with Crippen LogP contribution in [0.15, 0.2) is 54.9 Å². The number of carbonyl (C=O) groups excluding carboxylic acids is 1. The average Bonchev–Trinajstić information content (AvgIpc) is 3.22. The summed E-state index contributed by atoms with van der Waals surface area (Å²) < 4.78 is 4.98. The van der Waals surface area contributed by atoms with Crippen molar-refractivity contribution in [1.29, 1.82) is 0 Å². The third-order valence-electron chi connectivity index (χ3n) is 6.33. The zero-order valence-corrected chi connectivity index (χ0v) is 17.1. The quantitative estimate of drug-likeness (QED) is 0.612. The third-order valence-corrected chi connectivity index (χ3v) is 6.33. The molecule has 1 N–H and O–H groups in total. The lowest BCUT2D eigenvalue weighted by Gasteiger charge is -2.19. The SMILES string of the molecule is CCOC(=O)c1cnc(N2CC3C(CNCc4ccc5ccccc5c4)C3C2)nc1. The molecule has 2 unspecified atom stereocenters. The Bertz CT molecular complexity index is 1040. The summed E-state index contributed by atoms with van der Waals surface area (Å²) in [6, 6.07) is 15.2. The van der Waals surface area contributed by atoms with Gasteiger partial charge in [-0.05, 0) is 53.6 Å². The number of hydrogen-bond acceptors (Lipinski definition) is 6. The van der Waals surface area contributed by atoms with E-state index in [1.165, 1.54) is 16.3 Å². The van der Waals surface area contributed by atoms with Crippen LogP contribution in [-0.2, 0) is 11.3 Å². The van der Waals surface area contributed by atoms with Gasteiger partial charge in [-0.15, -0.1) is 0 Å². The number of benzene rings is 2. The van der Waals surface area contributed by atoms with Gasteiger partial charge in [0, 0.05) is 32.0 Å². The molecule has 2 fully saturated rings. The van der Waals surface area contributed by atoms with Crippen molar-refractivity contribution in [1.82, 2.24) is 15.3 Å². The summed E-state index contributed by atoms with van der Waals surface area (Å²) in [5, 5.41) is 6.23. The van der Waals surface area contributed by atoms with Crippen LogP contribution in [0, 0.1) is 17.8 Å². The molecule has 1 aromatic heterocycles. The highest BCUT2D eigenvalue weighted by molar-refractivity contribution is 5.88. The van der Waals surface area contributed by atoms with Crippen molar-refractivity contribution in [3.8, 4) is 0 Å². The van der Waals surface area contributed by atoms with E-state index in [9.17, 15) is 4.79 Å². The number of aromatic nitrogens is 2. The minimum atomic E-state index is -0.370. The molecule has 0 radical (unpaired) electrons. The number of nitrogens with one attached hydrogen (secondary N) is 1. The van der Waals surface area contributed by atoms with E-state index in [4.69, 9.17) is 4.74 Å². The van der Waals surface area contributed by atoms with Crippen molar-refractivity contribution in [2.24, 2.45) is 17.8 Å². The Labute approximate surface area is 176 Å². The molecular weight excluding hydrogens is 376 g/mol. The fourth-order valence-corrected chi connectivity index (χ4v) is 4.65. The summed E-state index contributed by atoms with van der Waals surface area (Å²) in [6.07, 6.45) is 3.12. The van der Waals surface area contributed by atoms with Gasteiger partial charge in [0.1, 0.15) is 0 Å². The molecule has 2 atom stereocenters. The Morgan fingerprint density at radius 1 is 1.10 bits per heavy atom. The molecule has 1 saturated heterocycles. The number of ether oxygens (including phenoxy) is 1. The van der Waals surface area contributed by atoms with Gasteiger partial charge < -0.3 is 15.0 Å². The van der Waals surface area contributed by atoms with Gasteiger partial charge in [-0.2, -0.15) is 0 Å². The van der Waals surface area contributed by atoms with E-state index in [0.717, 1.165) is 32.1 Å². The van der Waals surface area contributed by atoms with Crippen LogP contribution in [0.3, 0.4) is 0 Å². The number of rotatable bonds is 7. The minimum absolute atomic E-state index is 0.354. The molecule has 1 saturated carbocycles. The highest BCUT2D eigenvalue weighted by Gasteiger charge is 2.55. The number of piperidine rings is 1. The number of anilines is 1. The van der Waals surface area contributed by atoms with E-state index < -0.39 is 0 Å². The van der Waals surface area contributed by atoms with Gasteiger partial charge in [0.2, 0.25) is 5.95 Å². The molecular formula is C24H26N4O2. The van der Waals surface area contributed by atoms with Crippen LogP contribution in [0.1, 0.15) is 22.8 Å². The molecule has 1 aliphatic heterocycles. The molecule has 6 heteroatoms. The van der Waals surface area contributed by atoms with Crippen LogP contribution in [0.5, 0.6) is 0 Å².